The molecule has 3 aromatic heterocycles. The summed E-state index contributed by atoms with van der Waals surface area (Å²) in [6.45, 7) is 3.82. The Hall–Kier alpha value is -1.38. The zero-order chi connectivity index (χ0) is 12.4. The van der Waals surface area contributed by atoms with Crippen molar-refractivity contribution in [2.75, 3.05) is 6.54 Å². The fourth-order valence-electron chi connectivity index (χ4n) is 1.63. The molecule has 0 fully saturated rings. The summed E-state index contributed by atoms with van der Waals surface area (Å²) in [5.41, 5.74) is 1.16. The second kappa shape index (κ2) is 5.09. The Morgan fingerprint density at radius 3 is 3.28 bits per heavy atom. The second-order valence-electron chi connectivity index (χ2n) is 3.59. The molecule has 94 valence electrons. The molecule has 3 aromatic rings. The Morgan fingerprint density at radius 2 is 2.50 bits per heavy atom. The molecule has 6 nitrogen and oxygen atoms in total. The minimum atomic E-state index is 0.763. The molecule has 0 saturated carbocycles. The highest BCUT2D eigenvalue weighted by atomic mass is 32.2. The van der Waals surface area contributed by atoms with Crippen LogP contribution < -0.4 is 5.32 Å². The van der Waals surface area contributed by atoms with Crippen LogP contribution in [0.25, 0.3) is 4.96 Å². The number of imidazole rings is 1. The van der Waals surface area contributed by atoms with E-state index in [2.05, 4.69) is 36.8 Å². The standard InChI is InChI=1S/C10H12N6S2/c1-2-11-5-7-8(18-9-12-6-13-15-9)14-10-16(7)3-4-17-10/h3-4,6,11H,2,5H2,1H3,(H,12,13,15). The second-order valence-corrected chi connectivity index (χ2v) is 5.44. The van der Waals surface area contributed by atoms with E-state index in [9.17, 15) is 0 Å². The summed E-state index contributed by atoms with van der Waals surface area (Å²) in [6.07, 6.45) is 3.55. The minimum absolute atomic E-state index is 0.763. The van der Waals surface area contributed by atoms with Crippen LogP contribution in [-0.4, -0.2) is 31.1 Å². The van der Waals surface area contributed by atoms with E-state index in [0.29, 0.717) is 0 Å². The van der Waals surface area contributed by atoms with Crippen LogP contribution in [0.3, 0.4) is 0 Å². The summed E-state index contributed by atoms with van der Waals surface area (Å²) in [5, 5.41) is 13.8. The van der Waals surface area contributed by atoms with Crippen molar-refractivity contribution in [2.24, 2.45) is 0 Å². The Bertz CT molecular complexity index is 626. The quantitative estimate of drug-likeness (QED) is 0.745. The predicted molar refractivity (Wildman–Crippen MR) is 71.0 cm³/mol. The van der Waals surface area contributed by atoms with E-state index in [1.807, 2.05) is 11.6 Å². The molecule has 0 aliphatic carbocycles. The van der Waals surface area contributed by atoms with E-state index >= 15 is 0 Å². The number of rotatable bonds is 5. The van der Waals surface area contributed by atoms with Crippen molar-refractivity contribution in [1.29, 1.82) is 0 Å². The van der Waals surface area contributed by atoms with E-state index < -0.39 is 0 Å². The van der Waals surface area contributed by atoms with Gasteiger partial charge in [-0.1, -0.05) is 6.92 Å². The highest BCUT2D eigenvalue weighted by Crippen LogP contribution is 2.29. The Labute approximate surface area is 112 Å². The van der Waals surface area contributed by atoms with Gasteiger partial charge < -0.3 is 5.32 Å². The summed E-state index contributed by atoms with van der Waals surface area (Å²) >= 11 is 3.14. The SMILES string of the molecule is CCNCc1c(Sc2ncn[nH]2)nc2sccn12. The molecule has 0 aliphatic rings. The van der Waals surface area contributed by atoms with Crippen LogP contribution in [0.15, 0.2) is 28.1 Å². The van der Waals surface area contributed by atoms with Crippen LogP contribution in [0.2, 0.25) is 0 Å². The first kappa shape index (κ1) is 11.7. The lowest BCUT2D eigenvalue weighted by Gasteiger charge is -2.02. The van der Waals surface area contributed by atoms with Crippen molar-refractivity contribution in [1.82, 2.24) is 29.9 Å². The van der Waals surface area contributed by atoms with Gasteiger partial charge in [-0.15, -0.1) is 11.3 Å². The monoisotopic (exact) mass is 280 g/mol. The van der Waals surface area contributed by atoms with E-state index in [1.54, 1.807) is 11.3 Å². The number of thiazole rings is 1. The highest BCUT2D eigenvalue weighted by Gasteiger charge is 2.14. The Morgan fingerprint density at radius 1 is 1.56 bits per heavy atom. The molecule has 3 rings (SSSR count). The molecular weight excluding hydrogens is 268 g/mol. The highest BCUT2D eigenvalue weighted by molar-refractivity contribution is 7.99. The van der Waals surface area contributed by atoms with Crippen LogP contribution in [0.5, 0.6) is 0 Å². The van der Waals surface area contributed by atoms with Crippen LogP contribution in [-0.2, 0) is 6.54 Å². The third-order valence-corrected chi connectivity index (χ3v) is 4.12. The van der Waals surface area contributed by atoms with E-state index in [1.165, 1.54) is 18.1 Å². The number of hydrogen-bond donors (Lipinski definition) is 2. The van der Waals surface area contributed by atoms with Crippen molar-refractivity contribution in [3.05, 3.63) is 23.6 Å². The molecule has 2 N–H and O–H groups in total. The molecule has 0 radical (unpaired) electrons. The van der Waals surface area contributed by atoms with Gasteiger partial charge in [-0.25, -0.2) is 9.97 Å². The molecule has 0 amide bonds. The number of nitrogens with zero attached hydrogens (tertiary/aromatic N) is 4. The van der Waals surface area contributed by atoms with Gasteiger partial charge in [-0.05, 0) is 18.3 Å². The lowest BCUT2D eigenvalue weighted by Crippen LogP contribution is -2.13. The van der Waals surface area contributed by atoms with Crippen LogP contribution in [0.4, 0.5) is 0 Å². The van der Waals surface area contributed by atoms with Crippen molar-refractivity contribution in [2.45, 2.75) is 23.7 Å². The zero-order valence-electron chi connectivity index (χ0n) is 9.75. The molecule has 18 heavy (non-hydrogen) atoms. The van der Waals surface area contributed by atoms with Gasteiger partial charge in [0.2, 0.25) is 0 Å². The molecule has 0 bridgehead atoms. The topological polar surface area (TPSA) is 70.9 Å². The number of aromatic nitrogens is 5. The molecule has 0 saturated heterocycles. The predicted octanol–water partition coefficient (Wildman–Crippen LogP) is 1.77. The Balaban J connectivity index is 1.96. The van der Waals surface area contributed by atoms with Crippen LogP contribution in [0, 0.1) is 0 Å². The van der Waals surface area contributed by atoms with Crippen LogP contribution >= 0.6 is 23.1 Å². The van der Waals surface area contributed by atoms with E-state index in [4.69, 9.17) is 0 Å². The third-order valence-electron chi connectivity index (χ3n) is 2.45. The van der Waals surface area contributed by atoms with Crippen molar-refractivity contribution in [3.63, 3.8) is 0 Å². The van der Waals surface area contributed by atoms with E-state index in [-0.39, 0.29) is 0 Å². The fourth-order valence-corrected chi connectivity index (χ4v) is 3.23. The summed E-state index contributed by atoms with van der Waals surface area (Å²) in [5.74, 6) is 0. The lowest BCUT2D eigenvalue weighted by atomic mass is 10.4. The minimum Gasteiger partial charge on any atom is -0.311 e. The number of hydrogen-bond acceptors (Lipinski definition) is 6. The molecule has 0 unspecified atom stereocenters. The summed E-state index contributed by atoms with van der Waals surface area (Å²) in [4.78, 5) is 9.74. The number of H-pyrrole nitrogens is 1. The van der Waals surface area contributed by atoms with Crippen LogP contribution in [0.1, 0.15) is 12.6 Å². The molecule has 3 heterocycles. The van der Waals surface area contributed by atoms with E-state index in [0.717, 1.165) is 33.9 Å². The maximum atomic E-state index is 4.62. The summed E-state index contributed by atoms with van der Waals surface area (Å²) < 4.78 is 2.12. The third kappa shape index (κ3) is 2.14. The molecule has 0 spiro atoms. The number of nitrogens with one attached hydrogen (secondary N) is 2. The van der Waals surface area contributed by atoms with Gasteiger partial charge in [0.05, 0.1) is 5.69 Å². The number of aromatic amines is 1. The van der Waals surface area contributed by atoms with Gasteiger partial charge in [0.1, 0.15) is 11.4 Å². The van der Waals surface area contributed by atoms with Gasteiger partial charge in [-0.3, -0.25) is 9.50 Å². The van der Waals surface area contributed by atoms with Gasteiger partial charge in [0, 0.05) is 18.1 Å². The average molecular weight is 280 g/mol. The average Bonchev–Trinajstić information content (AvgIpc) is 3.04. The molecule has 8 heteroatoms. The van der Waals surface area contributed by atoms with Gasteiger partial charge in [0.15, 0.2) is 10.1 Å². The Kier molecular flexibility index (Phi) is 3.31. The normalized spacial score (nSPS) is 11.4. The van der Waals surface area contributed by atoms with Crippen molar-refractivity contribution >= 4 is 28.1 Å². The van der Waals surface area contributed by atoms with Gasteiger partial charge in [-0.2, -0.15) is 5.10 Å². The number of fused-ring (bicyclic) bond motifs is 1. The molecule has 0 aromatic carbocycles. The first-order valence-electron chi connectivity index (χ1n) is 5.57. The maximum absolute atomic E-state index is 4.62. The summed E-state index contributed by atoms with van der Waals surface area (Å²) in [6, 6.07) is 0. The lowest BCUT2D eigenvalue weighted by molar-refractivity contribution is 0.694. The molecular formula is C10H12N6S2. The fraction of sp³-hybridized carbons (Fsp3) is 0.300. The van der Waals surface area contributed by atoms with Crippen molar-refractivity contribution in [3.8, 4) is 0 Å². The smallest absolute Gasteiger partial charge is 0.194 e. The maximum Gasteiger partial charge on any atom is 0.194 e. The zero-order valence-corrected chi connectivity index (χ0v) is 11.4. The summed E-state index contributed by atoms with van der Waals surface area (Å²) in [7, 11) is 0. The van der Waals surface area contributed by atoms with Gasteiger partial charge in [0.25, 0.3) is 0 Å². The van der Waals surface area contributed by atoms with Gasteiger partial charge >= 0.3 is 0 Å². The molecule has 0 aliphatic heterocycles. The molecule has 0 atom stereocenters. The van der Waals surface area contributed by atoms with Crippen molar-refractivity contribution < 1.29 is 0 Å². The largest absolute Gasteiger partial charge is 0.311 e. The first-order valence-corrected chi connectivity index (χ1v) is 7.26. The first-order chi connectivity index (χ1) is 8.88.